The molecule has 6 nitrogen and oxygen atoms in total. The van der Waals surface area contributed by atoms with Gasteiger partial charge >= 0.3 is 5.97 Å². The van der Waals surface area contributed by atoms with Gasteiger partial charge in [-0.3, -0.25) is 10.1 Å². The zero-order chi connectivity index (χ0) is 19.5. The van der Waals surface area contributed by atoms with Gasteiger partial charge in [-0.1, -0.05) is 32.9 Å². The highest BCUT2D eigenvalue weighted by molar-refractivity contribution is 7.80. The third-order valence-electron chi connectivity index (χ3n) is 3.73. The molecule has 0 aliphatic rings. The summed E-state index contributed by atoms with van der Waals surface area (Å²) in [6.45, 7) is 6.27. The van der Waals surface area contributed by atoms with Crippen molar-refractivity contribution in [3.05, 3.63) is 59.2 Å². The van der Waals surface area contributed by atoms with E-state index in [1.165, 1.54) is 18.2 Å². The first-order chi connectivity index (χ1) is 12.1. The molecule has 2 rings (SSSR count). The van der Waals surface area contributed by atoms with Gasteiger partial charge in [0.25, 0.3) is 5.91 Å². The minimum Gasteiger partial charge on any atom is -0.507 e. The molecule has 0 aliphatic heterocycles. The van der Waals surface area contributed by atoms with Crippen LogP contribution in [0.3, 0.4) is 0 Å². The molecule has 7 heteroatoms. The minimum atomic E-state index is -1.23. The Morgan fingerprint density at radius 2 is 1.65 bits per heavy atom. The standard InChI is InChI=1S/C19H20N2O4S/c1-19(2,3)12-6-4-11(5-7-12)16(23)21-18(26)20-13-8-9-14(17(24)25)15(22)10-13/h4-10,22H,1-3H3,(H,24,25)(H2,20,21,23,26). The van der Waals surface area contributed by atoms with Crippen LogP contribution in [0.5, 0.6) is 5.75 Å². The van der Waals surface area contributed by atoms with E-state index in [1.807, 2.05) is 12.1 Å². The van der Waals surface area contributed by atoms with Crippen molar-refractivity contribution in [3.8, 4) is 5.75 Å². The van der Waals surface area contributed by atoms with Crippen LogP contribution in [0.2, 0.25) is 0 Å². The first-order valence-electron chi connectivity index (χ1n) is 7.87. The molecule has 0 heterocycles. The number of thiocarbonyl (C=S) groups is 1. The summed E-state index contributed by atoms with van der Waals surface area (Å²) >= 11 is 5.08. The SMILES string of the molecule is CC(C)(C)c1ccc(C(=O)NC(=S)Nc2ccc(C(=O)O)c(O)c2)cc1. The Bertz CT molecular complexity index is 855. The molecule has 136 valence electrons. The molecule has 0 radical (unpaired) electrons. The second-order valence-electron chi connectivity index (χ2n) is 6.77. The predicted molar refractivity (Wildman–Crippen MR) is 104 cm³/mol. The van der Waals surface area contributed by atoms with Crippen LogP contribution in [0.25, 0.3) is 0 Å². The van der Waals surface area contributed by atoms with E-state index in [9.17, 15) is 14.7 Å². The van der Waals surface area contributed by atoms with Crippen LogP contribution < -0.4 is 10.6 Å². The van der Waals surface area contributed by atoms with Crippen LogP contribution in [-0.2, 0) is 5.41 Å². The monoisotopic (exact) mass is 372 g/mol. The van der Waals surface area contributed by atoms with Gasteiger partial charge in [0.15, 0.2) is 5.11 Å². The number of carbonyl (C=O) groups excluding carboxylic acids is 1. The average molecular weight is 372 g/mol. The van der Waals surface area contributed by atoms with Gasteiger partial charge in [-0.2, -0.15) is 0 Å². The van der Waals surface area contributed by atoms with Crippen LogP contribution in [0.4, 0.5) is 5.69 Å². The fourth-order valence-corrected chi connectivity index (χ4v) is 2.46. The number of benzene rings is 2. The highest BCUT2D eigenvalue weighted by Crippen LogP contribution is 2.23. The Labute approximate surface area is 156 Å². The second kappa shape index (κ2) is 7.53. The van der Waals surface area contributed by atoms with Crippen molar-refractivity contribution in [3.63, 3.8) is 0 Å². The fourth-order valence-electron chi connectivity index (χ4n) is 2.25. The van der Waals surface area contributed by atoms with Gasteiger partial charge < -0.3 is 15.5 Å². The van der Waals surface area contributed by atoms with Crippen molar-refractivity contribution in [2.24, 2.45) is 0 Å². The molecule has 26 heavy (non-hydrogen) atoms. The molecular weight excluding hydrogens is 352 g/mol. The molecule has 0 aromatic heterocycles. The van der Waals surface area contributed by atoms with Gasteiger partial charge in [0.2, 0.25) is 0 Å². The predicted octanol–water partition coefficient (Wildman–Crippen LogP) is 3.51. The quantitative estimate of drug-likeness (QED) is 0.616. The molecule has 0 aliphatic carbocycles. The van der Waals surface area contributed by atoms with Gasteiger partial charge in [-0.15, -0.1) is 0 Å². The van der Waals surface area contributed by atoms with Gasteiger partial charge in [0.05, 0.1) is 0 Å². The molecule has 0 fully saturated rings. The van der Waals surface area contributed by atoms with Gasteiger partial charge in [0, 0.05) is 17.3 Å². The van der Waals surface area contributed by atoms with E-state index < -0.39 is 11.7 Å². The van der Waals surface area contributed by atoms with Crippen LogP contribution in [-0.4, -0.2) is 27.2 Å². The summed E-state index contributed by atoms with van der Waals surface area (Å²) in [5.41, 5.74) is 1.72. The van der Waals surface area contributed by atoms with E-state index in [0.717, 1.165) is 5.56 Å². The van der Waals surface area contributed by atoms with Crippen molar-refractivity contribution in [1.82, 2.24) is 5.32 Å². The molecule has 0 saturated heterocycles. The summed E-state index contributed by atoms with van der Waals surface area (Å²) < 4.78 is 0. The molecule has 0 saturated carbocycles. The number of phenols is 1. The summed E-state index contributed by atoms with van der Waals surface area (Å²) in [5, 5.41) is 23.9. The van der Waals surface area contributed by atoms with E-state index in [1.54, 1.807) is 12.1 Å². The lowest BCUT2D eigenvalue weighted by Crippen LogP contribution is -2.34. The van der Waals surface area contributed by atoms with E-state index in [-0.39, 0.29) is 22.0 Å². The Morgan fingerprint density at radius 3 is 2.15 bits per heavy atom. The normalized spacial score (nSPS) is 10.9. The van der Waals surface area contributed by atoms with Crippen LogP contribution in [0.1, 0.15) is 47.1 Å². The lowest BCUT2D eigenvalue weighted by atomic mass is 9.87. The summed E-state index contributed by atoms with van der Waals surface area (Å²) in [4.78, 5) is 23.1. The summed E-state index contributed by atoms with van der Waals surface area (Å²) in [5.74, 6) is -1.99. The fraction of sp³-hybridized carbons (Fsp3) is 0.211. The molecule has 0 bridgehead atoms. The Morgan fingerprint density at radius 1 is 1.04 bits per heavy atom. The number of carboxylic acids is 1. The topological polar surface area (TPSA) is 98.7 Å². The number of hydrogen-bond donors (Lipinski definition) is 4. The number of rotatable bonds is 3. The number of carboxylic acid groups (broad SMARTS) is 1. The number of hydrogen-bond acceptors (Lipinski definition) is 4. The van der Waals surface area contributed by atoms with Crippen molar-refractivity contribution < 1.29 is 19.8 Å². The van der Waals surface area contributed by atoms with Crippen molar-refractivity contribution in [2.75, 3.05) is 5.32 Å². The third-order valence-corrected chi connectivity index (χ3v) is 3.93. The number of carbonyl (C=O) groups is 2. The lowest BCUT2D eigenvalue weighted by molar-refractivity contribution is 0.0693. The maximum Gasteiger partial charge on any atom is 0.339 e. The molecule has 2 aromatic carbocycles. The van der Waals surface area contributed by atoms with Crippen LogP contribution in [0, 0.1) is 0 Å². The number of amides is 1. The van der Waals surface area contributed by atoms with Gasteiger partial charge in [0.1, 0.15) is 11.3 Å². The van der Waals surface area contributed by atoms with Crippen LogP contribution in [0.15, 0.2) is 42.5 Å². The van der Waals surface area contributed by atoms with Crippen molar-refractivity contribution >= 4 is 34.9 Å². The van der Waals surface area contributed by atoms with E-state index >= 15 is 0 Å². The van der Waals surface area contributed by atoms with E-state index in [2.05, 4.69) is 31.4 Å². The molecular formula is C19H20N2O4S. The maximum atomic E-state index is 12.3. The smallest absolute Gasteiger partial charge is 0.339 e. The molecule has 4 N–H and O–H groups in total. The summed E-state index contributed by atoms with van der Waals surface area (Å²) in [7, 11) is 0. The summed E-state index contributed by atoms with van der Waals surface area (Å²) in [6.07, 6.45) is 0. The van der Waals surface area contributed by atoms with Crippen molar-refractivity contribution in [1.29, 1.82) is 0 Å². The van der Waals surface area contributed by atoms with E-state index in [0.29, 0.717) is 11.3 Å². The second-order valence-corrected chi connectivity index (χ2v) is 7.18. The minimum absolute atomic E-state index is 0.00399. The van der Waals surface area contributed by atoms with Crippen LogP contribution >= 0.6 is 12.2 Å². The zero-order valence-corrected chi connectivity index (χ0v) is 15.5. The Balaban J connectivity index is 2.02. The van der Waals surface area contributed by atoms with Crippen molar-refractivity contribution in [2.45, 2.75) is 26.2 Å². The number of aromatic carboxylic acids is 1. The Hall–Kier alpha value is -2.93. The first-order valence-corrected chi connectivity index (χ1v) is 8.28. The zero-order valence-electron chi connectivity index (χ0n) is 14.7. The highest BCUT2D eigenvalue weighted by atomic mass is 32.1. The van der Waals surface area contributed by atoms with E-state index in [4.69, 9.17) is 17.3 Å². The molecule has 0 unspecified atom stereocenters. The number of nitrogens with one attached hydrogen (secondary N) is 2. The molecule has 0 spiro atoms. The first kappa shape index (κ1) is 19.4. The third kappa shape index (κ3) is 4.80. The largest absolute Gasteiger partial charge is 0.507 e. The molecule has 2 aromatic rings. The highest BCUT2D eigenvalue weighted by Gasteiger charge is 2.15. The summed E-state index contributed by atoms with van der Waals surface area (Å²) in [6, 6.07) is 11.2. The number of aromatic hydroxyl groups is 1. The molecule has 1 amide bonds. The van der Waals surface area contributed by atoms with Gasteiger partial charge in [-0.25, -0.2) is 4.79 Å². The lowest BCUT2D eigenvalue weighted by Gasteiger charge is -2.19. The molecule has 0 atom stereocenters. The number of anilines is 1. The van der Waals surface area contributed by atoms with Gasteiger partial charge in [-0.05, 0) is 47.5 Å². The maximum absolute atomic E-state index is 12.3. The Kier molecular flexibility index (Phi) is 5.62. The average Bonchev–Trinajstić information content (AvgIpc) is 2.53.